The van der Waals surface area contributed by atoms with Crippen molar-refractivity contribution in [2.24, 2.45) is 7.05 Å². The van der Waals surface area contributed by atoms with Gasteiger partial charge >= 0.3 is 5.97 Å². The second-order valence-corrected chi connectivity index (χ2v) is 5.47. The number of hydrogen-bond acceptors (Lipinski definition) is 5. The van der Waals surface area contributed by atoms with Crippen LogP contribution in [0.5, 0.6) is 0 Å². The average molecular weight is 300 g/mol. The molecule has 0 spiro atoms. The highest BCUT2D eigenvalue weighted by molar-refractivity contribution is 5.94. The summed E-state index contributed by atoms with van der Waals surface area (Å²) in [5, 5.41) is 4.24. The van der Waals surface area contributed by atoms with Gasteiger partial charge in [-0.05, 0) is 31.0 Å². The second kappa shape index (κ2) is 6.17. The predicted molar refractivity (Wildman–Crippen MR) is 83.0 cm³/mol. The quantitative estimate of drug-likeness (QED) is 0.808. The highest BCUT2D eigenvalue weighted by Gasteiger charge is 2.28. The highest BCUT2D eigenvalue weighted by atomic mass is 16.5. The Balaban J connectivity index is 1.80. The van der Waals surface area contributed by atoms with Crippen LogP contribution < -0.4 is 4.90 Å². The highest BCUT2D eigenvalue weighted by Crippen LogP contribution is 2.31. The van der Waals surface area contributed by atoms with Crippen molar-refractivity contribution in [3.63, 3.8) is 0 Å². The first-order chi connectivity index (χ1) is 10.7. The summed E-state index contributed by atoms with van der Waals surface area (Å²) in [6, 6.07) is 3.54. The van der Waals surface area contributed by atoms with Gasteiger partial charge in [-0.3, -0.25) is 4.68 Å². The molecule has 0 N–H and O–H groups in total. The van der Waals surface area contributed by atoms with Gasteiger partial charge in [0.25, 0.3) is 0 Å². The molecule has 1 unspecified atom stereocenters. The van der Waals surface area contributed by atoms with Gasteiger partial charge in [0.15, 0.2) is 0 Å². The molecule has 1 aliphatic rings. The van der Waals surface area contributed by atoms with E-state index in [1.807, 2.05) is 24.9 Å². The van der Waals surface area contributed by atoms with E-state index in [0.29, 0.717) is 23.9 Å². The van der Waals surface area contributed by atoms with Crippen LogP contribution in [0.4, 0.5) is 5.82 Å². The molecular weight excluding hydrogens is 280 g/mol. The molecular formula is C16H20N4O2. The van der Waals surface area contributed by atoms with Crippen molar-refractivity contribution in [3.8, 4) is 0 Å². The maximum Gasteiger partial charge on any atom is 0.341 e. The van der Waals surface area contributed by atoms with Gasteiger partial charge in [0.1, 0.15) is 11.4 Å². The van der Waals surface area contributed by atoms with E-state index in [1.54, 1.807) is 18.3 Å². The Hall–Kier alpha value is -2.37. The number of carbonyl (C=O) groups excluding carboxylic acids is 1. The molecule has 116 valence electrons. The van der Waals surface area contributed by atoms with Gasteiger partial charge in [0, 0.05) is 38.4 Å². The molecule has 1 atom stereocenters. The maximum absolute atomic E-state index is 12.1. The molecule has 6 heteroatoms. The van der Waals surface area contributed by atoms with E-state index in [0.717, 1.165) is 19.5 Å². The molecule has 0 aromatic carbocycles. The van der Waals surface area contributed by atoms with Gasteiger partial charge in [-0.2, -0.15) is 5.10 Å². The van der Waals surface area contributed by atoms with Crippen LogP contribution >= 0.6 is 0 Å². The minimum atomic E-state index is -0.310. The molecule has 3 rings (SSSR count). The number of ether oxygens (including phenoxy) is 1. The number of anilines is 1. The van der Waals surface area contributed by atoms with Crippen molar-refractivity contribution in [1.29, 1.82) is 0 Å². The van der Waals surface area contributed by atoms with E-state index >= 15 is 0 Å². The maximum atomic E-state index is 12.1. The summed E-state index contributed by atoms with van der Waals surface area (Å²) in [4.78, 5) is 18.6. The normalized spacial score (nSPS) is 17.7. The van der Waals surface area contributed by atoms with E-state index in [9.17, 15) is 4.79 Å². The van der Waals surface area contributed by atoms with Crippen molar-refractivity contribution >= 4 is 11.8 Å². The summed E-state index contributed by atoms with van der Waals surface area (Å²) in [7, 11) is 1.92. The van der Waals surface area contributed by atoms with Gasteiger partial charge in [-0.1, -0.05) is 0 Å². The lowest BCUT2D eigenvalue weighted by Crippen LogP contribution is -2.23. The summed E-state index contributed by atoms with van der Waals surface area (Å²) < 4.78 is 6.95. The molecule has 1 saturated heterocycles. The van der Waals surface area contributed by atoms with Gasteiger partial charge in [0.2, 0.25) is 0 Å². The lowest BCUT2D eigenvalue weighted by atomic mass is 10.0. The SMILES string of the molecule is CCOC(=O)c1cccnc1N1CCC(c2cnn(C)c2)C1. The molecule has 6 nitrogen and oxygen atoms in total. The molecule has 0 radical (unpaired) electrons. The molecule has 1 fully saturated rings. The molecule has 2 aromatic rings. The first kappa shape index (κ1) is 14.6. The summed E-state index contributed by atoms with van der Waals surface area (Å²) in [5.41, 5.74) is 1.77. The van der Waals surface area contributed by atoms with E-state index in [2.05, 4.69) is 21.2 Å². The Bertz CT molecular complexity index is 668. The van der Waals surface area contributed by atoms with Crippen LogP contribution in [0.25, 0.3) is 0 Å². The second-order valence-electron chi connectivity index (χ2n) is 5.47. The van der Waals surface area contributed by atoms with Crippen molar-refractivity contribution in [2.45, 2.75) is 19.3 Å². The largest absolute Gasteiger partial charge is 0.462 e. The first-order valence-corrected chi connectivity index (χ1v) is 7.54. The molecule has 2 aromatic heterocycles. The number of esters is 1. The minimum Gasteiger partial charge on any atom is -0.462 e. The third kappa shape index (κ3) is 2.81. The fraction of sp³-hybridized carbons (Fsp3) is 0.438. The smallest absolute Gasteiger partial charge is 0.341 e. The summed E-state index contributed by atoms with van der Waals surface area (Å²) >= 11 is 0. The summed E-state index contributed by atoms with van der Waals surface area (Å²) in [5.74, 6) is 0.827. The van der Waals surface area contributed by atoms with Crippen LogP contribution in [0.15, 0.2) is 30.7 Å². The van der Waals surface area contributed by atoms with Crippen molar-refractivity contribution in [1.82, 2.24) is 14.8 Å². The number of pyridine rings is 1. The van der Waals surface area contributed by atoms with Crippen molar-refractivity contribution in [2.75, 3.05) is 24.6 Å². The Morgan fingerprint density at radius 3 is 3.09 bits per heavy atom. The van der Waals surface area contributed by atoms with Gasteiger partial charge in [-0.25, -0.2) is 9.78 Å². The van der Waals surface area contributed by atoms with E-state index in [1.165, 1.54) is 5.56 Å². The number of carbonyl (C=O) groups is 1. The topological polar surface area (TPSA) is 60.2 Å². The number of rotatable bonds is 4. The number of nitrogens with zero attached hydrogens (tertiary/aromatic N) is 4. The van der Waals surface area contributed by atoms with Gasteiger partial charge < -0.3 is 9.64 Å². The summed E-state index contributed by atoms with van der Waals surface area (Å²) in [6.45, 7) is 3.89. The molecule has 22 heavy (non-hydrogen) atoms. The Labute approximate surface area is 129 Å². The average Bonchev–Trinajstić information content (AvgIpc) is 3.16. The number of hydrogen-bond donors (Lipinski definition) is 0. The lowest BCUT2D eigenvalue weighted by Gasteiger charge is -2.19. The van der Waals surface area contributed by atoms with E-state index in [4.69, 9.17) is 4.74 Å². The first-order valence-electron chi connectivity index (χ1n) is 7.54. The Kier molecular flexibility index (Phi) is 4.09. The minimum absolute atomic E-state index is 0.310. The van der Waals surface area contributed by atoms with Crippen molar-refractivity contribution < 1.29 is 9.53 Å². The molecule has 0 amide bonds. The van der Waals surface area contributed by atoms with Crippen LogP contribution in [-0.4, -0.2) is 40.4 Å². The monoisotopic (exact) mass is 300 g/mol. The lowest BCUT2D eigenvalue weighted by molar-refractivity contribution is 0.0526. The zero-order valence-electron chi connectivity index (χ0n) is 12.9. The van der Waals surface area contributed by atoms with E-state index < -0.39 is 0 Å². The predicted octanol–water partition coefficient (Wildman–Crippen LogP) is 1.99. The summed E-state index contributed by atoms with van der Waals surface area (Å²) in [6.07, 6.45) is 6.72. The number of aryl methyl sites for hydroxylation is 1. The Morgan fingerprint density at radius 2 is 2.36 bits per heavy atom. The third-order valence-corrected chi connectivity index (χ3v) is 3.97. The van der Waals surface area contributed by atoms with Crippen LogP contribution in [0, 0.1) is 0 Å². The zero-order chi connectivity index (χ0) is 15.5. The van der Waals surface area contributed by atoms with Gasteiger partial charge in [0.05, 0.1) is 12.8 Å². The third-order valence-electron chi connectivity index (χ3n) is 3.97. The fourth-order valence-corrected chi connectivity index (χ4v) is 2.89. The van der Waals surface area contributed by atoms with Crippen LogP contribution in [0.2, 0.25) is 0 Å². The fourth-order valence-electron chi connectivity index (χ4n) is 2.89. The molecule has 0 saturated carbocycles. The molecule has 0 bridgehead atoms. The van der Waals surface area contributed by atoms with Crippen LogP contribution in [0.1, 0.15) is 35.2 Å². The molecule has 0 aliphatic carbocycles. The molecule has 1 aliphatic heterocycles. The van der Waals surface area contributed by atoms with Gasteiger partial charge in [-0.15, -0.1) is 0 Å². The zero-order valence-corrected chi connectivity index (χ0v) is 12.9. The molecule has 3 heterocycles. The van der Waals surface area contributed by atoms with Crippen molar-refractivity contribution in [3.05, 3.63) is 41.9 Å². The van der Waals surface area contributed by atoms with E-state index in [-0.39, 0.29) is 5.97 Å². The number of aromatic nitrogens is 3. The van der Waals surface area contributed by atoms with Crippen LogP contribution in [0.3, 0.4) is 0 Å². The van der Waals surface area contributed by atoms with Crippen LogP contribution in [-0.2, 0) is 11.8 Å². The Morgan fingerprint density at radius 1 is 1.50 bits per heavy atom. The standard InChI is InChI=1S/C16H20N4O2/c1-3-22-16(21)14-5-4-7-17-15(14)20-8-6-12(11-20)13-9-18-19(2)10-13/h4-5,7,9-10,12H,3,6,8,11H2,1-2H3.